The summed E-state index contributed by atoms with van der Waals surface area (Å²) in [7, 11) is 0. The number of carbonyl (C=O) groups excluding carboxylic acids is 2. The Morgan fingerprint density at radius 3 is 1.67 bits per heavy atom. The van der Waals surface area contributed by atoms with E-state index in [0.717, 1.165) is 28.7 Å². The van der Waals surface area contributed by atoms with Crippen LogP contribution in [0.15, 0.2) is 121 Å². The predicted octanol–water partition coefficient (Wildman–Crippen LogP) is 7.68. The van der Waals surface area contributed by atoms with E-state index in [9.17, 15) is 9.59 Å². The van der Waals surface area contributed by atoms with Crippen LogP contribution in [0.1, 0.15) is 62.8 Å². The summed E-state index contributed by atoms with van der Waals surface area (Å²) in [5, 5.41) is 9.69. The summed E-state index contributed by atoms with van der Waals surface area (Å²) in [6.07, 6.45) is 1.04. The van der Waals surface area contributed by atoms with Gasteiger partial charge in [-0.05, 0) is 49.4 Å². The van der Waals surface area contributed by atoms with Gasteiger partial charge in [-0.3, -0.25) is 4.79 Å². The smallest absolute Gasteiger partial charge is 0.407 e. The van der Waals surface area contributed by atoms with Gasteiger partial charge >= 0.3 is 6.09 Å². The Morgan fingerprint density at radius 1 is 0.739 bits per heavy atom. The molecule has 0 unspecified atom stereocenters. The second-order valence-electron chi connectivity index (χ2n) is 12.4. The van der Waals surface area contributed by atoms with E-state index in [0.29, 0.717) is 25.3 Å². The van der Waals surface area contributed by atoms with Gasteiger partial charge in [0.15, 0.2) is 0 Å². The summed E-state index contributed by atoms with van der Waals surface area (Å²) >= 11 is 1.77. The fourth-order valence-corrected chi connectivity index (χ4v) is 6.99. The Hall–Kier alpha value is -4.07. The summed E-state index contributed by atoms with van der Waals surface area (Å²) in [5.74, 6) is 0.497. The second kappa shape index (κ2) is 17.0. The van der Waals surface area contributed by atoms with Gasteiger partial charge in [0.1, 0.15) is 5.60 Å². The highest BCUT2D eigenvalue weighted by Gasteiger charge is 2.38. The maximum absolute atomic E-state index is 13.3. The minimum atomic E-state index is -0.640. The Morgan fingerprint density at radius 2 is 1.22 bits per heavy atom. The molecule has 0 aliphatic carbocycles. The first-order valence-electron chi connectivity index (χ1n) is 16.1. The van der Waals surface area contributed by atoms with Crippen molar-refractivity contribution < 1.29 is 14.3 Å². The molecule has 0 saturated carbocycles. The topological polar surface area (TPSA) is 79.5 Å². The van der Waals surface area contributed by atoms with Crippen molar-refractivity contribution >= 4 is 23.8 Å². The number of amides is 2. The first-order valence-corrected chi connectivity index (χ1v) is 17.0. The zero-order valence-corrected chi connectivity index (χ0v) is 28.2. The van der Waals surface area contributed by atoms with Gasteiger partial charge < -0.3 is 20.7 Å². The molecule has 2 atom stereocenters. The number of hydrogen-bond acceptors (Lipinski definition) is 5. The highest BCUT2D eigenvalue weighted by Crippen LogP contribution is 2.48. The van der Waals surface area contributed by atoms with Crippen molar-refractivity contribution in [1.29, 1.82) is 0 Å². The third-order valence-electron chi connectivity index (χ3n) is 7.58. The lowest BCUT2D eigenvalue weighted by Crippen LogP contribution is -2.51. The molecule has 0 radical (unpaired) electrons. The van der Waals surface area contributed by atoms with Crippen molar-refractivity contribution in [3.05, 3.63) is 144 Å². The first kappa shape index (κ1) is 34.8. The Kier molecular flexibility index (Phi) is 12.9. The van der Waals surface area contributed by atoms with Crippen LogP contribution in [0, 0.1) is 0 Å². The monoisotopic (exact) mass is 637 g/mol. The summed E-state index contributed by atoms with van der Waals surface area (Å²) in [6.45, 7) is 8.49. The van der Waals surface area contributed by atoms with E-state index in [4.69, 9.17) is 4.74 Å². The SMILES string of the molecule is CCC[C@H](NC[C@H](CSC(c1ccccc1)(c1ccccc1)c1ccccc1)NC(=O)OC(C)(C)C)C(=O)NCc1ccccc1. The van der Waals surface area contributed by atoms with E-state index in [1.165, 1.54) is 0 Å². The van der Waals surface area contributed by atoms with Crippen LogP contribution in [0.3, 0.4) is 0 Å². The van der Waals surface area contributed by atoms with E-state index in [1.807, 2.05) is 69.3 Å². The van der Waals surface area contributed by atoms with Crippen LogP contribution in [0.25, 0.3) is 0 Å². The molecule has 0 spiro atoms. The zero-order chi connectivity index (χ0) is 32.8. The standard InChI is InChI=1S/C39H47N3O3S/c1-5-18-35(36(43)41-27-30-19-10-6-11-20-30)40-28-34(42-37(44)45-38(2,3)4)29-46-39(31-21-12-7-13-22-31,32-23-14-8-15-24-32)33-25-16-9-17-26-33/h6-17,19-26,34-35,40H,5,18,27-29H2,1-4H3,(H,41,43)(H,42,44)/t34-,35+/m1/s1. The minimum absolute atomic E-state index is 0.0541. The normalized spacial score (nSPS) is 13.0. The lowest BCUT2D eigenvalue weighted by Gasteiger charge is -2.37. The van der Waals surface area contributed by atoms with Gasteiger partial charge in [0, 0.05) is 18.8 Å². The first-order chi connectivity index (χ1) is 22.2. The molecule has 0 aliphatic heterocycles. The van der Waals surface area contributed by atoms with Crippen LogP contribution < -0.4 is 16.0 Å². The van der Waals surface area contributed by atoms with Crippen molar-refractivity contribution in [3.63, 3.8) is 0 Å². The maximum atomic E-state index is 13.3. The molecule has 4 aromatic carbocycles. The lowest BCUT2D eigenvalue weighted by atomic mass is 9.84. The summed E-state index contributed by atoms with van der Waals surface area (Å²) < 4.78 is 5.13. The molecular formula is C39H47N3O3S. The Labute approximate surface area is 278 Å². The lowest BCUT2D eigenvalue weighted by molar-refractivity contribution is -0.123. The number of ether oxygens (including phenoxy) is 1. The molecule has 0 aliphatic rings. The molecule has 3 N–H and O–H groups in total. The number of carbonyl (C=O) groups is 2. The van der Waals surface area contributed by atoms with Crippen LogP contribution in [0.4, 0.5) is 4.79 Å². The van der Waals surface area contributed by atoms with Crippen molar-refractivity contribution in [3.8, 4) is 0 Å². The van der Waals surface area contributed by atoms with Crippen LogP contribution in [0.5, 0.6) is 0 Å². The van der Waals surface area contributed by atoms with Gasteiger partial charge in [-0.2, -0.15) is 0 Å². The zero-order valence-electron chi connectivity index (χ0n) is 27.4. The van der Waals surface area contributed by atoms with Crippen molar-refractivity contribution in [2.75, 3.05) is 12.3 Å². The van der Waals surface area contributed by atoms with Gasteiger partial charge in [0.05, 0.1) is 16.8 Å². The van der Waals surface area contributed by atoms with Gasteiger partial charge in [-0.15, -0.1) is 11.8 Å². The Balaban J connectivity index is 1.61. The largest absolute Gasteiger partial charge is 0.444 e. The maximum Gasteiger partial charge on any atom is 0.407 e. The highest BCUT2D eigenvalue weighted by atomic mass is 32.2. The van der Waals surface area contributed by atoms with Gasteiger partial charge in [-0.25, -0.2) is 4.79 Å². The molecule has 4 rings (SSSR count). The van der Waals surface area contributed by atoms with E-state index in [1.54, 1.807) is 11.8 Å². The van der Waals surface area contributed by atoms with Gasteiger partial charge in [0.25, 0.3) is 0 Å². The van der Waals surface area contributed by atoms with E-state index >= 15 is 0 Å². The van der Waals surface area contributed by atoms with Crippen LogP contribution in [0.2, 0.25) is 0 Å². The number of hydrogen-bond donors (Lipinski definition) is 3. The van der Waals surface area contributed by atoms with E-state index in [2.05, 4.69) is 95.7 Å². The molecule has 0 fully saturated rings. The number of nitrogens with one attached hydrogen (secondary N) is 3. The fourth-order valence-electron chi connectivity index (χ4n) is 5.43. The number of thioether (sulfide) groups is 1. The molecule has 4 aromatic rings. The molecule has 0 saturated heterocycles. The second-order valence-corrected chi connectivity index (χ2v) is 13.6. The molecular weight excluding hydrogens is 591 g/mol. The molecule has 6 nitrogen and oxygen atoms in total. The van der Waals surface area contributed by atoms with Gasteiger partial charge in [0.2, 0.25) is 5.91 Å². The average Bonchev–Trinajstić information content (AvgIpc) is 3.06. The van der Waals surface area contributed by atoms with E-state index in [-0.39, 0.29) is 11.9 Å². The van der Waals surface area contributed by atoms with Crippen molar-refractivity contribution in [2.24, 2.45) is 0 Å². The molecule has 0 aromatic heterocycles. The van der Waals surface area contributed by atoms with Crippen molar-refractivity contribution in [2.45, 2.75) is 69.5 Å². The fraction of sp³-hybridized carbons (Fsp3) is 0.333. The molecule has 46 heavy (non-hydrogen) atoms. The quantitative estimate of drug-likeness (QED) is 0.117. The number of rotatable bonds is 15. The average molecular weight is 638 g/mol. The predicted molar refractivity (Wildman–Crippen MR) is 190 cm³/mol. The van der Waals surface area contributed by atoms with Crippen molar-refractivity contribution in [1.82, 2.24) is 16.0 Å². The minimum Gasteiger partial charge on any atom is -0.444 e. The van der Waals surface area contributed by atoms with Crippen LogP contribution >= 0.6 is 11.8 Å². The number of benzene rings is 4. The van der Waals surface area contributed by atoms with Gasteiger partial charge in [-0.1, -0.05) is 135 Å². The summed E-state index contributed by atoms with van der Waals surface area (Å²) in [5.41, 5.74) is 3.84. The van der Waals surface area contributed by atoms with Crippen LogP contribution in [-0.4, -0.2) is 42.0 Å². The number of alkyl carbamates (subject to hydrolysis) is 1. The third kappa shape index (κ3) is 9.96. The van der Waals surface area contributed by atoms with E-state index < -0.39 is 22.5 Å². The molecule has 242 valence electrons. The molecule has 0 bridgehead atoms. The Bertz CT molecular complexity index is 1380. The highest BCUT2D eigenvalue weighted by molar-refractivity contribution is 8.00. The van der Waals surface area contributed by atoms with Crippen LogP contribution in [-0.2, 0) is 20.8 Å². The third-order valence-corrected chi connectivity index (χ3v) is 9.29. The molecule has 7 heteroatoms. The summed E-state index contributed by atoms with van der Waals surface area (Å²) in [6, 6.07) is 40.6. The summed E-state index contributed by atoms with van der Waals surface area (Å²) in [4.78, 5) is 26.4. The molecule has 0 heterocycles. The molecule has 2 amide bonds.